The summed E-state index contributed by atoms with van der Waals surface area (Å²) in [5, 5.41) is 13.8. The fourth-order valence-corrected chi connectivity index (χ4v) is 3.31. The largest absolute Gasteiger partial charge is 0.383 e. The number of halogens is 1. The van der Waals surface area contributed by atoms with E-state index in [0.29, 0.717) is 5.56 Å². The van der Waals surface area contributed by atoms with Gasteiger partial charge < -0.3 is 5.11 Å². The summed E-state index contributed by atoms with van der Waals surface area (Å²) in [5.41, 5.74) is -0.697. The van der Waals surface area contributed by atoms with E-state index in [-0.39, 0.29) is 0 Å². The molecule has 4 heteroatoms. The lowest BCUT2D eigenvalue weighted by molar-refractivity contribution is 0.0309. The van der Waals surface area contributed by atoms with Crippen LogP contribution in [-0.2, 0) is 5.60 Å². The van der Waals surface area contributed by atoms with Gasteiger partial charge in [0.05, 0.1) is 4.88 Å². The first-order valence-corrected chi connectivity index (χ1v) is 6.31. The van der Waals surface area contributed by atoms with Crippen LogP contribution in [0.1, 0.15) is 12.5 Å². The molecule has 0 aromatic carbocycles. The summed E-state index contributed by atoms with van der Waals surface area (Å²) in [6, 6.07) is 5.72. The zero-order valence-electron chi connectivity index (χ0n) is 8.24. The normalized spacial score (nSPS) is 15.1. The third kappa shape index (κ3) is 1.97. The highest BCUT2D eigenvalue weighted by molar-refractivity contribution is 7.20. The molecule has 1 atom stereocenters. The molecule has 0 saturated carbocycles. The fourth-order valence-electron chi connectivity index (χ4n) is 1.40. The zero-order valence-corrected chi connectivity index (χ0v) is 9.87. The van der Waals surface area contributed by atoms with Crippen molar-refractivity contribution in [2.45, 2.75) is 12.5 Å². The molecule has 80 valence electrons. The van der Waals surface area contributed by atoms with E-state index < -0.39 is 12.3 Å². The highest BCUT2D eigenvalue weighted by atomic mass is 32.1. The second kappa shape index (κ2) is 4.04. The van der Waals surface area contributed by atoms with Crippen molar-refractivity contribution in [2.24, 2.45) is 0 Å². The minimum Gasteiger partial charge on any atom is -0.383 e. The Hall–Kier alpha value is -0.710. The van der Waals surface area contributed by atoms with E-state index in [1.807, 2.05) is 22.9 Å². The van der Waals surface area contributed by atoms with Crippen molar-refractivity contribution >= 4 is 22.7 Å². The van der Waals surface area contributed by atoms with E-state index in [9.17, 15) is 9.50 Å². The highest BCUT2D eigenvalue weighted by Crippen LogP contribution is 2.38. The summed E-state index contributed by atoms with van der Waals surface area (Å²) in [6.45, 7) is 0.744. The first kappa shape index (κ1) is 10.8. The second-order valence-corrected chi connectivity index (χ2v) is 5.41. The Morgan fingerprint density at radius 1 is 1.33 bits per heavy atom. The van der Waals surface area contributed by atoms with E-state index in [0.717, 1.165) is 9.75 Å². The summed E-state index contributed by atoms with van der Waals surface area (Å²) >= 11 is 3.13. The van der Waals surface area contributed by atoms with Gasteiger partial charge in [-0.2, -0.15) is 0 Å². The van der Waals surface area contributed by atoms with Crippen LogP contribution in [0, 0.1) is 0 Å². The maximum atomic E-state index is 12.7. The molecule has 2 aromatic heterocycles. The second-order valence-electron chi connectivity index (χ2n) is 3.55. The van der Waals surface area contributed by atoms with Crippen LogP contribution in [0.15, 0.2) is 29.0 Å². The van der Waals surface area contributed by atoms with Crippen LogP contribution in [-0.4, -0.2) is 11.8 Å². The van der Waals surface area contributed by atoms with Gasteiger partial charge in [-0.1, -0.05) is 6.07 Å². The Morgan fingerprint density at radius 2 is 2.13 bits per heavy atom. The van der Waals surface area contributed by atoms with Crippen molar-refractivity contribution < 1.29 is 9.50 Å². The predicted molar refractivity (Wildman–Crippen MR) is 63.2 cm³/mol. The van der Waals surface area contributed by atoms with Crippen LogP contribution < -0.4 is 0 Å². The van der Waals surface area contributed by atoms with Crippen molar-refractivity contribution in [2.75, 3.05) is 6.67 Å². The molecule has 0 bridgehead atoms. The van der Waals surface area contributed by atoms with Crippen molar-refractivity contribution in [3.63, 3.8) is 0 Å². The molecule has 0 spiro atoms. The lowest BCUT2D eigenvalue weighted by atomic mass is 9.98. The summed E-state index contributed by atoms with van der Waals surface area (Å²) in [5.74, 6) is 0. The maximum absolute atomic E-state index is 12.7. The highest BCUT2D eigenvalue weighted by Gasteiger charge is 2.27. The van der Waals surface area contributed by atoms with Crippen molar-refractivity contribution in [3.05, 3.63) is 34.5 Å². The molecule has 0 radical (unpaired) electrons. The molecular formula is C11H11FOS2. The summed E-state index contributed by atoms with van der Waals surface area (Å²) in [6.07, 6.45) is 0. The van der Waals surface area contributed by atoms with Crippen LogP contribution in [0.4, 0.5) is 4.39 Å². The average Bonchev–Trinajstić information content (AvgIpc) is 2.87. The predicted octanol–water partition coefficient (Wildman–Crippen LogP) is 3.65. The molecule has 0 aliphatic carbocycles. The van der Waals surface area contributed by atoms with Crippen LogP contribution in [0.3, 0.4) is 0 Å². The molecule has 15 heavy (non-hydrogen) atoms. The first-order chi connectivity index (χ1) is 7.15. The monoisotopic (exact) mass is 242 g/mol. The van der Waals surface area contributed by atoms with Gasteiger partial charge in [0.25, 0.3) is 0 Å². The molecule has 0 saturated heterocycles. The van der Waals surface area contributed by atoms with Crippen molar-refractivity contribution in [1.29, 1.82) is 0 Å². The molecule has 0 amide bonds. The quantitative estimate of drug-likeness (QED) is 0.871. The lowest BCUT2D eigenvalue weighted by Gasteiger charge is -2.19. The third-order valence-electron chi connectivity index (χ3n) is 2.25. The Labute approximate surface area is 95.8 Å². The number of hydrogen-bond donors (Lipinski definition) is 1. The number of alkyl halides is 1. The molecule has 1 N–H and O–H groups in total. The smallest absolute Gasteiger partial charge is 0.122 e. The number of hydrogen-bond acceptors (Lipinski definition) is 3. The molecule has 0 aliphatic heterocycles. The summed E-state index contributed by atoms with van der Waals surface area (Å²) in [4.78, 5) is 2.04. The lowest BCUT2D eigenvalue weighted by Crippen LogP contribution is -2.23. The van der Waals surface area contributed by atoms with Gasteiger partial charge in [0.2, 0.25) is 0 Å². The fraction of sp³-hybridized carbons (Fsp3) is 0.273. The summed E-state index contributed by atoms with van der Waals surface area (Å²) < 4.78 is 12.7. The van der Waals surface area contributed by atoms with Crippen LogP contribution >= 0.6 is 22.7 Å². The minimum absolute atomic E-state index is 0.678. The van der Waals surface area contributed by atoms with Crippen molar-refractivity contribution in [1.82, 2.24) is 0 Å². The number of aliphatic hydroxyl groups is 1. The van der Waals surface area contributed by atoms with E-state index in [1.54, 1.807) is 17.4 Å². The van der Waals surface area contributed by atoms with Crippen LogP contribution in [0.25, 0.3) is 9.75 Å². The molecule has 2 rings (SSSR count). The standard InChI is InChI=1S/C11H11FOS2/c1-11(13,7-12)8-4-6-15-10(8)9-3-2-5-14-9/h2-6,13H,7H2,1H3. The number of thiophene rings is 2. The Bertz CT molecular complexity index is 431. The molecule has 1 nitrogen and oxygen atoms in total. The van der Waals surface area contributed by atoms with E-state index in [1.165, 1.54) is 18.3 Å². The van der Waals surface area contributed by atoms with Gasteiger partial charge in [0.1, 0.15) is 12.3 Å². The van der Waals surface area contributed by atoms with Gasteiger partial charge in [-0.25, -0.2) is 4.39 Å². The van der Waals surface area contributed by atoms with Crippen LogP contribution in [0.2, 0.25) is 0 Å². The van der Waals surface area contributed by atoms with Crippen LogP contribution in [0.5, 0.6) is 0 Å². The SMILES string of the molecule is CC(O)(CF)c1ccsc1-c1cccs1. The Balaban J connectivity index is 2.47. The Kier molecular flexibility index (Phi) is 2.91. The van der Waals surface area contributed by atoms with Gasteiger partial charge in [0.15, 0.2) is 0 Å². The zero-order chi connectivity index (χ0) is 10.9. The molecule has 1 unspecified atom stereocenters. The number of rotatable bonds is 3. The van der Waals surface area contributed by atoms with E-state index in [4.69, 9.17) is 0 Å². The summed E-state index contributed by atoms with van der Waals surface area (Å²) in [7, 11) is 0. The first-order valence-electron chi connectivity index (χ1n) is 4.55. The topological polar surface area (TPSA) is 20.2 Å². The molecular weight excluding hydrogens is 231 g/mol. The Morgan fingerprint density at radius 3 is 2.73 bits per heavy atom. The van der Waals surface area contributed by atoms with Gasteiger partial charge in [0, 0.05) is 10.4 Å². The van der Waals surface area contributed by atoms with E-state index in [2.05, 4.69) is 0 Å². The van der Waals surface area contributed by atoms with Gasteiger partial charge >= 0.3 is 0 Å². The van der Waals surface area contributed by atoms with E-state index >= 15 is 0 Å². The molecule has 2 heterocycles. The minimum atomic E-state index is -1.38. The maximum Gasteiger partial charge on any atom is 0.122 e. The molecule has 0 fully saturated rings. The van der Waals surface area contributed by atoms with Crippen molar-refractivity contribution in [3.8, 4) is 9.75 Å². The van der Waals surface area contributed by atoms with Gasteiger partial charge in [-0.3, -0.25) is 0 Å². The van der Waals surface area contributed by atoms with Gasteiger partial charge in [-0.05, 0) is 29.8 Å². The molecule has 2 aromatic rings. The molecule has 0 aliphatic rings. The average molecular weight is 242 g/mol. The third-order valence-corrected chi connectivity index (χ3v) is 4.21. The van der Waals surface area contributed by atoms with Gasteiger partial charge in [-0.15, -0.1) is 22.7 Å².